The van der Waals surface area contributed by atoms with Crippen LogP contribution in [0.15, 0.2) is 18.3 Å². The molecule has 1 amide bonds. The number of aliphatic hydroxyl groups excluding tert-OH is 2. The van der Waals surface area contributed by atoms with Crippen LogP contribution in [0.3, 0.4) is 0 Å². The van der Waals surface area contributed by atoms with E-state index in [0.717, 1.165) is 0 Å². The van der Waals surface area contributed by atoms with E-state index in [1.165, 1.54) is 17.2 Å². The number of hydrogen-bond donors (Lipinski definition) is 3. The summed E-state index contributed by atoms with van der Waals surface area (Å²) in [4.78, 5) is 13.2. The average molecular weight is 372 g/mol. The number of amides is 1. The number of fused-ring (bicyclic) bond motifs is 1. The zero-order valence-corrected chi connectivity index (χ0v) is 14.3. The highest BCUT2D eigenvalue weighted by atomic mass is 35.5. The van der Waals surface area contributed by atoms with E-state index in [2.05, 4.69) is 10.2 Å². The van der Waals surface area contributed by atoms with Gasteiger partial charge in [0.05, 0.1) is 17.8 Å². The summed E-state index contributed by atoms with van der Waals surface area (Å²) >= 11 is 6.16. The number of benzene rings is 1. The van der Waals surface area contributed by atoms with Crippen molar-refractivity contribution >= 4 is 28.4 Å². The molecule has 0 aliphatic carbocycles. The smallest absolute Gasteiger partial charge is 0.248 e. The van der Waals surface area contributed by atoms with Gasteiger partial charge in [-0.15, -0.1) is 0 Å². The van der Waals surface area contributed by atoms with Gasteiger partial charge in [-0.1, -0.05) is 25.3 Å². The Labute approximate surface area is 160 Å². The molecule has 25 heavy (non-hydrogen) atoms. The van der Waals surface area contributed by atoms with E-state index in [1.54, 1.807) is 6.07 Å². The highest BCUT2D eigenvalue weighted by molar-refractivity contribution is 6.31. The lowest BCUT2D eigenvalue weighted by Gasteiger charge is -2.43. The Morgan fingerprint density at radius 3 is 2.88 bits per heavy atom. The third-order valence-corrected chi connectivity index (χ3v) is 5.12. The first-order valence-corrected chi connectivity index (χ1v) is 8.41. The molecule has 1 fully saturated rings. The van der Waals surface area contributed by atoms with Crippen molar-refractivity contribution in [2.24, 2.45) is 11.3 Å². The number of H-pyrrole nitrogens is 1. The van der Waals surface area contributed by atoms with Gasteiger partial charge in [-0.05, 0) is 36.3 Å². The lowest BCUT2D eigenvalue weighted by molar-refractivity contribution is -0.136. The van der Waals surface area contributed by atoms with Crippen LogP contribution in [-0.2, 0) is 4.79 Å². The molecule has 1 aliphatic rings. The molecule has 0 saturated carbocycles. The van der Waals surface area contributed by atoms with Crippen molar-refractivity contribution in [3.8, 4) is 0 Å². The van der Waals surface area contributed by atoms with Crippen molar-refractivity contribution in [2.45, 2.75) is 32.6 Å². The average Bonchev–Trinajstić information content (AvgIpc) is 3.13. The Balaban J connectivity index is 2.15. The van der Waals surface area contributed by atoms with Gasteiger partial charge in [0, 0.05) is 37.3 Å². The van der Waals surface area contributed by atoms with Crippen molar-refractivity contribution in [3.63, 3.8) is 0 Å². The van der Waals surface area contributed by atoms with E-state index in [4.69, 9.17) is 24.9 Å². The van der Waals surface area contributed by atoms with Gasteiger partial charge in [0.1, 0.15) is 6.61 Å². The highest BCUT2D eigenvalue weighted by Gasteiger charge is 2.40. The molecule has 1 aliphatic heterocycles. The maximum absolute atomic E-state index is 11.8. The minimum absolute atomic E-state index is 0.0427. The summed E-state index contributed by atoms with van der Waals surface area (Å²) in [6.07, 6.45) is -0.374. The number of likely N-dealkylation sites (tertiary alicyclic amines) is 1. The Morgan fingerprint density at radius 1 is 1.52 bits per heavy atom. The summed E-state index contributed by atoms with van der Waals surface area (Å²) in [6.45, 7) is -6.66. The standard InChI is InChI=1S/C18H24ClN3O3/c1-18(2,12-3-5-22(6-4-12)15(24)10-23)17(25)14-8-13(19)7-11-9-20-21-16(11)14/h7-9,12,17,23,25H,3-6,10H2,1-2H3,(H,20,21)/i1D3,2D3. The molecule has 1 saturated heterocycles. The van der Waals surface area contributed by atoms with E-state index in [9.17, 15) is 9.90 Å². The number of carbonyl (C=O) groups is 1. The maximum Gasteiger partial charge on any atom is 0.248 e. The van der Waals surface area contributed by atoms with Gasteiger partial charge >= 0.3 is 0 Å². The van der Waals surface area contributed by atoms with Crippen molar-refractivity contribution in [3.05, 3.63) is 28.9 Å². The SMILES string of the molecule is [2H]C([2H])([2H])C(C1CCN(C(=O)CO)CC1)(C(O)c1cc(Cl)cc2cn[nH]c12)C([2H])([2H])[2H]. The molecule has 6 nitrogen and oxygen atoms in total. The first kappa shape index (κ1) is 11.9. The molecular formula is C18H24ClN3O3. The number of aromatic nitrogens is 2. The summed E-state index contributed by atoms with van der Waals surface area (Å²) < 4.78 is 49.4. The molecule has 3 N–H and O–H groups in total. The van der Waals surface area contributed by atoms with Gasteiger partial charge in [-0.2, -0.15) is 5.10 Å². The molecule has 1 aromatic heterocycles. The number of hydrogen-bond acceptors (Lipinski definition) is 4. The monoisotopic (exact) mass is 371 g/mol. The van der Waals surface area contributed by atoms with Crippen LogP contribution in [0.2, 0.25) is 5.02 Å². The van der Waals surface area contributed by atoms with E-state index in [0.29, 0.717) is 10.9 Å². The molecular weight excluding hydrogens is 342 g/mol. The third-order valence-electron chi connectivity index (χ3n) is 4.90. The molecule has 0 bridgehead atoms. The third kappa shape index (κ3) is 3.38. The van der Waals surface area contributed by atoms with E-state index < -0.39 is 43.7 Å². The summed E-state index contributed by atoms with van der Waals surface area (Å²) in [5.74, 6) is -1.47. The number of rotatable bonds is 4. The number of piperidine rings is 1. The van der Waals surface area contributed by atoms with E-state index >= 15 is 0 Å². The lowest BCUT2D eigenvalue weighted by Crippen LogP contribution is -2.44. The molecule has 1 unspecified atom stereocenters. The quantitative estimate of drug-likeness (QED) is 0.770. The molecule has 136 valence electrons. The van der Waals surface area contributed by atoms with E-state index in [-0.39, 0.29) is 36.5 Å². The number of aromatic amines is 1. The van der Waals surface area contributed by atoms with Crippen LogP contribution >= 0.6 is 11.6 Å². The topological polar surface area (TPSA) is 89.5 Å². The summed E-state index contributed by atoms with van der Waals surface area (Å²) in [5.41, 5.74) is -2.17. The zero-order chi connectivity index (χ0) is 23.2. The highest BCUT2D eigenvalue weighted by Crippen LogP contribution is 2.46. The summed E-state index contributed by atoms with van der Waals surface area (Å²) in [5, 5.41) is 27.9. The Bertz CT molecular complexity index is 939. The van der Waals surface area contributed by atoms with Crippen molar-refractivity contribution in [2.75, 3.05) is 19.7 Å². The second-order valence-electron chi connectivity index (χ2n) is 6.41. The van der Waals surface area contributed by atoms with Crippen LogP contribution in [-0.4, -0.2) is 50.9 Å². The van der Waals surface area contributed by atoms with Crippen molar-refractivity contribution in [1.82, 2.24) is 15.1 Å². The first-order valence-electron chi connectivity index (χ1n) is 11.0. The predicted molar refractivity (Wildman–Crippen MR) is 96.2 cm³/mol. The molecule has 2 heterocycles. The van der Waals surface area contributed by atoms with Crippen molar-refractivity contribution in [1.29, 1.82) is 0 Å². The molecule has 0 spiro atoms. The molecule has 7 heteroatoms. The predicted octanol–water partition coefficient (Wildman–Crippen LogP) is 2.51. The second kappa shape index (κ2) is 6.94. The van der Waals surface area contributed by atoms with Crippen LogP contribution in [0.25, 0.3) is 10.9 Å². The fourth-order valence-electron chi connectivity index (χ4n) is 3.42. The van der Waals surface area contributed by atoms with Crippen molar-refractivity contribution < 1.29 is 23.2 Å². The van der Waals surface area contributed by atoms with Gasteiger partial charge in [-0.3, -0.25) is 9.89 Å². The van der Waals surface area contributed by atoms with Gasteiger partial charge in [0.2, 0.25) is 5.91 Å². The fourth-order valence-corrected chi connectivity index (χ4v) is 3.65. The summed E-state index contributed by atoms with van der Waals surface area (Å²) in [7, 11) is 0. The van der Waals surface area contributed by atoms with Crippen LogP contribution < -0.4 is 0 Å². The normalized spacial score (nSPS) is 22.4. The molecule has 2 aromatic rings. The zero-order valence-electron chi connectivity index (χ0n) is 19.5. The number of aliphatic hydroxyl groups is 2. The summed E-state index contributed by atoms with van der Waals surface area (Å²) in [6, 6.07) is 2.92. The fraction of sp³-hybridized carbons (Fsp3) is 0.556. The van der Waals surface area contributed by atoms with Crippen LogP contribution in [0.1, 0.15) is 46.4 Å². The Kier molecular flexibility index (Phi) is 3.30. The molecule has 3 rings (SSSR count). The molecule has 1 aromatic carbocycles. The van der Waals surface area contributed by atoms with Crippen LogP contribution in [0, 0.1) is 11.3 Å². The maximum atomic E-state index is 11.8. The van der Waals surface area contributed by atoms with Gasteiger partial charge < -0.3 is 15.1 Å². The van der Waals surface area contributed by atoms with E-state index in [1.807, 2.05) is 0 Å². The van der Waals surface area contributed by atoms with Crippen LogP contribution in [0.5, 0.6) is 0 Å². The Hall–Kier alpha value is -1.63. The second-order valence-corrected chi connectivity index (χ2v) is 6.85. The first-order chi connectivity index (χ1) is 14.3. The largest absolute Gasteiger partial charge is 0.388 e. The van der Waals surface area contributed by atoms with Gasteiger partial charge in [0.15, 0.2) is 0 Å². The molecule has 1 atom stereocenters. The molecule has 0 radical (unpaired) electrons. The minimum Gasteiger partial charge on any atom is -0.388 e. The van der Waals surface area contributed by atoms with Crippen LogP contribution in [0.4, 0.5) is 0 Å². The van der Waals surface area contributed by atoms with Gasteiger partial charge in [-0.25, -0.2) is 0 Å². The number of nitrogens with zero attached hydrogens (tertiary/aromatic N) is 2. The number of nitrogens with one attached hydrogen (secondary N) is 1. The lowest BCUT2D eigenvalue weighted by atomic mass is 9.68. The number of carbonyl (C=O) groups excluding carboxylic acids is 1. The van der Waals surface area contributed by atoms with Gasteiger partial charge in [0.25, 0.3) is 0 Å². The minimum atomic E-state index is -3.07. The Morgan fingerprint density at radius 2 is 2.24 bits per heavy atom. The number of halogens is 1.